The number of likely N-dealkylation sites (tertiary alicyclic amines) is 1. The van der Waals surface area contributed by atoms with E-state index in [2.05, 4.69) is 25.4 Å². The summed E-state index contributed by atoms with van der Waals surface area (Å²) in [4.78, 5) is 38.1. The molecule has 3 aromatic rings. The standard InChI is InChI=1S/C21H23N7O5/c1-27-18-12(16(24-27)13-5-6-15(29)23-20(13)30)3-2-4-14(18)32-11-7-9-28(10-8-11)21(31)17-19(22)26-33-25-17/h2-4,11,13H,5-10H2,1H3,(H2,22,26)(H,23,29,30). The molecule has 1 unspecified atom stereocenters. The van der Waals surface area contributed by atoms with Crippen molar-refractivity contribution >= 4 is 34.4 Å². The number of hydrogen-bond donors (Lipinski definition) is 2. The maximum atomic E-state index is 12.5. The monoisotopic (exact) mass is 453 g/mol. The van der Waals surface area contributed by atoms with E-state index >= 15 is 0 Å². The summed E-state index contributed by atoms with van der Waals surface area (Å²) in [6.07, 6.45) is 1.88. The number of imide groups is 1. The molecule has 2 fully saturated rings. The number of aryl methyl sites for hydroxylation is 1. The Labute approximate surface area is 188 Å². The number of ether oxygens (including phenoxy) is 1. The molecule has 3 amide bonds. The summed E-state index contributed by atoms with van der Waals surface area (Å²) in [6.45, 7) is 0.970. The summed E-state index contributed by atoms with van der Waals surface area (Å²) in [5.74, 6) is -0.724. The molecule has 1 atom stereocenters. The number of nitrogens with zero attached hydrogens (tertiary/aromatic N) is 5. The van der Waals surface area contributed by atoms with E-state index in [0.29, 0.717) is 43.8 Å². The average Bonchev–Trinajstić information content (AvgIpc) is 3.37. The fourth-order valence-electron chi connectivity index (χ4n) is 4.49. The van der Waals surface area contributed by atoms with Crippen molar-refractivity contribution in [2.75, 3.05) is 18.8 Å². The number of nitrogens with one attached hydrogen (secondary N) is 1. The lowest BCUT2D eigenvalue weighted by Crippen LogP contribution is -2.42. The first-order chi connectivity index (χ1) is 15.9. The Kier molecular flexibility index (Phi) is 5.19. The van der Waals surface area contributed by atoms with E-state index < -0.39 is 5.92 Å². The molecule has 172 valence electrons. The molecule has 33 heavy (non-hydrogen) atoms. The Balaban J connectivity index is 1.32. The van der Waals surface area contributed by atoms with Crippen molar-refractivity contribution in [3.63, 3.8) is 0 Å². The number of nitrogen functional groups attached to an aromatic ring is 1. The molecular formula is C21H23N7O5. The summed E-state index contributed by atoms with van der Waals surface area (Å²) in [5, 5.41) is 14.8. The Bertz CT molecular complexity index is 1240. The van der Waals surface area contributed by atoms with Gasteiger partial charge in [0, 0.05) is 44.8 Å². The number of benzene rings is 1. The molecule has 0 spiro atoms. The quantitative estimate of drug-likeness (QED) is 0.543. The molecule has 4 heterocycles. The average molecular weight is 453 g/mol. The molecule has 12 nitrogen and oxygen atoms in total. The number of carbonyl (C=O) groups excluding carboxylic acids is 3. The highest BCUT2D eigenvalue weighted by molar-refractivity contribution is 6.03. The third-order valence-electron chi connectivity index (χ3n) is 6.16. The predicted molar refractivity (Wildman–Crippen MR) is 114 cm³/mol. The van der Waals surface area contributed by atoms with Gasteiger partial charge in [-0.3, -0.25) is 24.4 Å². The number of carbonyl (C=O) groups is 3. The number of nitrogens with two attached hydrogens (primary N) is 1. The van der Waals surface area contributed by atoms with Crippen LogP contribution in [0.15, 0.2) is 22.8 Å². The van der Waals surface area contributed by atoms with Crippen LogP contribution < -0.4 is 15.8 Å². The lowest BCUT2D eigenvalue weighted by atomic mass is 9.93. The lowest BCUT2D eigenvalue weighted by molar-refractivity contribution is -0.134. The van der Waals surface area contributed by atoms with Crippen molar-refractivity contribution in [1.29, 1.82) is 0 Å². The topological polar surface area (TPSA) is 158 Å². The Morgan fingerprint density at radius 3 is 2.70 bits per heavy atom. The Morgan fingerprint density at radius 1 is 1.21 bits per heavy atom. The van der Waals surface area contributed by atoms with Crippen LogP contribution in [0.1, 0.15) is 47.8 Å². The first kappa shape index (κ1) is 20.9. The molecule has 0 saturated carbocycles. The zero-order chi connectivity index (χ0) is 23.1. The van der Waals surface area contributed by atoms with Gasteiger partial charge in [-0.1, -0.05) is 12.1 Å². The van der Waals surface area contributed by atoms with Crippen molar-refractivity contribution in [2.24, 2.45) is 7.05 Å². The maximum absolute atomic E-state index is 12.5. The number of fused-ring (bicyclic) bond motifs is 1. The summed E-state index contributed by atoms with van der Waals surface area (Å²) < 4.78 is 12.5. The first-order valence-corrected chi connectivity index (χ1v) is 10.8. The van der Waals surface area contributed by atoms with Crippen LogP contribution in [-0.2, 0) is 16.6 Å². The number of aromatic nitrogens is 4. The largest absolute Gasteiger partial charge is 0.488 e. The van der Waals surface area contributed by atoms with Crippen LogP contribution >= 0.6 is 0 Å². The lowest BCUT2D eigenvalue weighted by Gasteiger charge is -2.31. The highest BCUT2D eigenvalue weighted by atomic mass is 16.6. The van der Waals surface area contributed by atoms with Gasteiger partial charge in [-0.15, -0.1) is 0 Å². The summed E-state index contributed by atoms with van der Waals surface area (Å²) in [5.41, 5.74) is 7.08. The van der Waals surface area contributed by atoms with Gasteiger partial charge in [0.05, 0.1) is 11.6 Å². The van der Waals surface area contributed by atoms with E-state index in [1.54, 1.807) is 9.58 Å². The molecular weight excluding hydrogens is 430 g/mol. The van der Waals surface area contributed by atoms with Crippen LogP contribution in [0, 0.1) is 0 Å². The number of amides is 3. The third-order valence-corrected chi connectivity index (χ3v) is 6.16. The minimum Gasteiger partial charge on any atom is -0.488 e. The van der Waals surface area contributed by atoms with Crippen LogP contribution in [0.2, 0.25) is 0 Å². The Hall–Kier alpha value is -3.96. The fraction of sp³-hybridized carbons (Fsp3) is 0.429. The highest BCUT2D eigenvalue weighted by Crippen LogP contribution is 2.35. The second-order valence-electron chi connectivity index (χ2n) is 8.27. The van der Waals surface area contributed by atoms with Crippen LogP contribution in [-0.4, -0.2) is 61.9 Å². The third kappa shape index (κ3) is 3.77. The SMILES string of the molecule is Cn1nc(C2CCC(=O)NC2=O)c2cccc(OC3CCN(C(=O)c4nonc4N)CC3)c21. The minimum atomic E-state index is -0.477. The maximum Gasteiger partial charge on any atom is 0.280 e. The summed E-state index contributed by atoms with van der Waals surface area (Å²) >= 11 is 0. The fourth-order valence-corrected chi connectivity index (χ4v) is 4.49. The number of anilines is 1. The van der Waals surface area contributed by atoms with Gasteiger partial charge in [-0.05, 0) is 22.8 Å². The van der Waals surface area contributed by atoms with Gasteiger partial charge in [-0.25, -0.2) is 4.63 Å². The molecule has 2 aliphatic heterocycles. The van der Waals surface area contributed by atoms with Gasteiger partial charge in [0.25, 0.3) is 5.91 Å². The van der Waals surface area contributed by atoms with Crippen LogP contribution in [0.3, 0.4) is 0 Å². The zero-order valence-electron chi connectivity index (χ0n) is 18.0. The van der Waals surface area contributed by atoms with E-state index in [9.17, 15) is 14.4 Å². The number of para-hydroxylation sites is 1. The number of piperidine rings is 2. The van der Waals surface area contributed by atoms with E-state index in [1.165, 1.54) is 0 Å². The van der Waals surface area contributed by atoms with E-state index in [0.717, 1.165) is 10.9 Å². The minimum absolute atomic E-state index is 0.0203. The molecule has 5 rings (SSSR count). The molecule has 1 aromatic carbocycles. The van der Waals surface area contributed by atoms with Gasteiger partial charge >= 0.3 is 0 Å². The zero-order valence-corrected chi connectivity index (χ0v) is 18.0. The molecule has 2 aliphatic rings. The van der Waals surface area contributed by atoms with Crippen LogP contribution in [0.5, 0.6) is 5.75 Å². The molecule has 0 aliphatic carbocycles. The molecule has 12 heteroatoms. The van der Waals surface area contributed by atoms with Crippen LogP contribution in [0.4, 0.5) is 5.82 Å². The summed E-state index contributed by atoms with van der Waals surface area (Å²) in [6, 6.07) is 5.65. The van der Waals surface area contributed by atoms with Gasteiger partial charge in [-0.2, -0.15) is 5.10 Å². The first-order valence-electron chi connectivity index (χ1n) is 10.8. The van der Waals surface area contributed by atoms with E-state index in [1.807, 2.05) is 25.2 Å². The summed E-state index contributed by atoms with van der Waals surface area (Å²) in [7, 11) is 1.81. The van der Waals surface area contributed by atoms with Gasteiger partial charge in [0.2, 0.25) is 23.3 Å². The number of rotatable bonds is 4. The molecule has 2 aromatic heterocycles. The van der Waals surface area contributed by atoms with Crippen molar-refractivity contribution in [3.05, 3.63) is 29.6 Å². The van der Waals surface area contributed by atoms with Crippen molar-refractivity contribution in [2.45, 2.75) is 37.7 Å². The Morgan fingerprint density at radius 2 is 2.00 bits per heavy atom. The smallest absolute Gasteiger partial charge is 0.280 e. The van der Waals surface area contributed by atoms with Crippen LogP contribution in [0.25, 0.3) is 10.9 Å². The molecule has 0 bridgehead atoms. The second-order valence-corrected chi connectivity index (χ2v) is 8.27. The predicted octanol–water partition coefficient (Wildman–Crippen LogP) is 0.742. The molecule has 0 radical (unpaired) electrons. The van der Waals surface area contributed by atoms with Gasteiger partial charge in [0.15, 0.2) is 0 Å². The highest BCUT2D eigenvalue weighted by Gasteiger charge is 2.33. The van der Waals surface area contributed by atoms with E-state index in [4.69, 9.17) is 10.5 Å². The second kappa shape index (κ2) is 8.19. The molecule has 2 saturated heterocycles. The number of hydrogen-bond acceptors (Lipinski definition) is 9. The van der Waals surface area contributed by atoms with Crippen molar-refractivity contribution < 1.29 is 23.7 Å². The van der Waals surface area contributed by atoms with E-state index in [-0.39, 0.29) is 41.8 Å². The molecule has 3 N–H and O–H groups in total. The van der Waals surface area contributed by atoms with Crippen molar-refractivity contribution in [3.8, 4) is 5.75 Å². The van der Waals surface area contributed by atoms with Gasteiger partial charge in [0.1, 0.15) is 17.4 Å². The van der Waals surface area contributed by atoms with Crippen molar-refractivity contribution in [1.82, 2.24) is 30.3 Å². The van der Waals surface area contributed by atoms with Gasteiger partial charge < -0.3 is 15.4 Å². The normalized spacial score (nSPS) is 19.7.